The second kappa shape index (κ2) is 11.9. The predicted octanol–water partition coefficient (Wildman–Crippen LogP) is 8.30. The van der Waals surface area contributed by atoms with Gasteiger partial charge >= 0.3 is 0 Å². The predicted molar refractivity (Wildman–Crippen MR) is 170 cm³/mol. The Morgan fingerprint density at radius 3 is 2.56 bits per heavy atom. The van der Waals surface area contributed by atoms with E-state index in [1.54, 1.807) is 12.1 Å². The molecule has 0 spiro atoms. The second-order valence-corrected chi connectivity index (χ2v) is 14.0. The minimum absolute atomic E-state index is 0.0442. The molecular formula is C36H44N2O2S. The molecule has 0 amide bonds. The summed E-state index contributed by atoms with van der Waals surface area (Å²) in [6.45, 7) is 8.89. The fraction of sp³-hybridized carbons (Fsp3) is 0.389. The highest BCUT2D eigenvalue weighted by molar-refractivity contribution is 7.95. The molecule has 216 valence electrons. The van der Waals surface area contributed by atoms with Crippen LogP contribution in [0.4, 0.5) is 0 Å². The maximum atomic E-state index is 14.1. The summed E-state index contributed by atoms with van der Waals surface area (Å²) in [5, 5.41) is 3.34. The van der Waals surface area contributed by atoms with Gasteiger partial charge in [0.15, 0.2) is 0 Å². The lowest BCUT2D eigenvalue weighted by atomic mass is 9.73. The highest BCUT2D eigenvalue weighted by Gasteiger charge is 2.35. The van der Waals surface area contributed by atoms with Gasteiger partial charge in [0.25, 0.3) is 0 Å². The third kappa shape index (κ3) is 5.74. The molecule has 4 aliphatic rings. The molecule has 0 saturated heterocycles. The summed E-state index contributed by atoms with van der Waals surface area (Å²) in [5.41, 5.74) is 8.25. The van der Waals surface area contributed by atoms with E-state index in [-0.39, 0.29) is 11.3 Å². The first-order valence-electron chi connectivity index (χ1n) is 14.9. The summed E-state index contributed by atoms with van der Waals surface area (Å²) in [4.78, 5) is 3.24. The van der Waals surface area contributed by atoms with Crippen LogP contribution in [0.5, 0.6) is 0 Å². The standard InChI is InChI=1S/C36H44N2O2S/c1-26(36(2,3)32-16-10-11-17-33(32)37-4)19-20-27-21-22-28(35(27)41(39,40)31-14-7-6-8-15-31)23-24-30-25-29-13-9-12-18-34(29)38(30)5/h6-8,11-12,14-15,17-20,24,28,37H,1,9-10,13,16,21-23,25H2,2-5H3/b20-19+,30-24+. The molecule has 1 aromatic carbocycles. The maximum absolute atomic E-state index is 14.1. The first kappa shape index (κ1) is 29.2. The lowest BCUT2D eigenvalue weighted by Gasteiger charge is -2.32. The van der Waals surface area contributed by atoms with Gasteiger partial charge in [-0.1, -0.05) is 69.0 Å². The van der Waals surface area contributed by atoms with Gasteiger partial charge in [-0.2, -0.15) is 0 Å². The van der Waals surface area contributed by atoms with Crippen LogP contribution in [0, 0.1) is 11.3 Å². The second-order valence-electron chi connectivity index (χ2n) is 12.1. The molecule has 1 aromatic rings. The largest absolute Gasteiger partial charge is 0.388 e. The van der Waals surface area contributed by atoms with Crippen molar-refractivity contribution in [3.63, 3.8) is 0 Å². The Morgan fingerprint density at radius 2 is 1.83 bits per heavy atom. The minimum atomic E-state index is -3.63. The number of benzene rings is 1. The Morgan fingerprint density at radius 1 is 1.10 bits per heavy atom. The number of sulfone groups is 1. The van der Waals surface area contributed by atoms with Crippen LogP contribution in [0.25, 0.3) is 0 Å². The third-order valence-corrected chi connectivity index (χ3v) is 11.4. The van der Waals surface area contributed by atoms with E-state index in [4.69, 9.17) is 0 Å². The average molecular weight is 569 g/mol. The molecule has 41 heavy (non-hydrogen) atoms. The normalized spacial score (nSPS) is 22.5. The zero-order valence-electron chi connectivity index (χ0n) is 25.0. The highest BCUT2D eigenvalue weighted by Crippen LogP contribution is 2.44. The van der Waals surface area contributed by atoms with Crippen molar-refractivity contribution < 1.29 is 8.42 Å². The van der Waals surface area contributed by atoms with Crippen molar-refractivity contribution in [1.29, 1.82) is 0 Å². The minimum Gasteiger partial charge on any atom is -0.388 e. The summed E-state index contributed by atoms with van der Waals surface area (Å²) in [6, 6.07) is 8.92. The van der Waals surface area contributed by atoms with E-state index >= 15 is 0 Å². The van der Waals surface area contributed by atoms with E-state index in [0.717, 1.165) is 68.2 Å². The van der Waals surface area contributed by atoms with Gasteiger partial charge in [-0.15, -0.1) is 0 Å². The van der Waals surface area contributed by atoms with E-state index in [0.29, 0.717) is 9.80 Å². The molecular weight excluding hydrogens is 524 g/mol. The number of rotatable bonds is 9. The first-order valence-corrected chi connectivity index (χ1v) is 16.4. The molecule has 0 aromatic heterocycles. The van der Waals surface area contributed by atoms with Crippen molar-refractivity contribution in [3.8, 4) is 0 Å². The summed E-state index contributed by atoms with van der Waals surface area (Å²) < 4.78 is 28.2. The molecule has 1 aliphatic heterocycles. The molecule has 0 saturated carbocycles. The summed E-state index contributed by atoms with van der Waals surface area (Å²) in [6.07, 6.45) is 22.7. The molecule has 1 unspecified atom stereocenters. The fourth-order valence-electron chi connectivity index (χ4n) is 6.71. The van der Waals surface area contributed by atoms with Gasteiger partial charge < -0.3 is 10.2 Å². The van der Waals surface area contributed by atoms with E-state index in [1.807, 2.05) is 31.3 Å². The van der Waals surface area contributed by atoms with Crippen LogP contribution in [-0.2, 0) is 9.84 Å². The van der Waals surface area contributed by atoms with Gasteiger partial charge in [0, 0.05) is 43.0 Å². The number of likely N-dealkylation sites (N-methyl/N-ethyl adjacent to an activating group) is 2. The van der Waals surface area contributed by atoms with Crippen molar-refractivity contribution in [2.75, 3.05) is 14.1 Å². The number of hydrogen-bond acceptors (Lipinski definition) is 4. The van der Waals surface area contributed by atoms with Crippen molar-refractivity contribution in [3.05, 3.63) is 124 Å². The van der Waals surface area contributed by atoms with Gasteiger partial charge in [0.05, 0.1) is 9.80 Å². The van der Waals surface area contributed by atoms with Crippen LogP contribution < -0.4 is 5.32 Å². The van der Waals surface area contributed by atoms with E-state index in [1.165, 1.54) is 22.5 Å². The SMILES string of the molecule is C=C(/C=C/C1=C(S(=O)(=O)c2ccccc2)C(C/C=C2\CC3=C(C=CCC3)N2C)CC1)C(C)(C)C1=C(NC)C=CCC1. The molecule has 1 N–H and O–H groups in total. The number of nitrogens with zero attached hydrogens (tertiary/aromatic N) is 1. The Bertz CT molecular complexity index is 1530. The molecule has 1 atom stereocenters. The van der Waals surface area contributed by atoms with Gasteiger partial charge in [0.1, 0.15) is 0 Å². The summed E-state index contributed by atoms with van der Waals surface area (Å²) >= 11 is 0. The average Bonchev–Trinajstić information content (AvgIpc) is 3.55. The molecule has 5 heteroatoms. The zero-order chi connectivity index (χ0) is 29.2. The van der Waals surface area contributed by atoms with Crippen molar-refractivity contribution in [2.24, 2.45) is 11.3 Å². The lowest BCUT2D eigenvalue weighted by Crippen LogP contribution is -2.23. The highest BCUT2D eigenvalue weighted by atomic mass is 32.2. The van der Waals surface area contributed by atoms with Crippen LogP contribution in [0.2, 0.25) is 0 Å². The van der Waals surface area contributed by atoms with Crippen LogP contribution in [-0.4, -0.2) is 27.4 Å². The van der Waals surface area contributed by atoms with Crippen molar-refractivity contribution in [2.45, 2.75) is 70.1 Å². The van der Waals surface area contributed by atoms with Crippen LogP contribution in [0.1, 0.15) is 65.2 Å². The van der Waals surface area contributed by atoms with E-state index in [9.17, 15) is 8.42 Å². The number of allylic oxidation sites excluding steroid dienone is 12. The molecule has 4 nitrogen and oxygen atoms in total. The van der Waals surface area contributed by atoms with Gasteiger partial charge in [-0.25, -0.2) is 8.42 Å². The quantitative estimate of drug-likeness (QED) is 0.305. The van der Waals surface area contributed by atoms with Crippen LogP contribution >= 0.6 is 0 Å². The van der Waals surface area contributed by atoms with E-state index < -0.39 is 9.84 Å². The van der Waals surface area contributed by atoms with Gasteiger partial charge in [-0.05, 0) is 97.4 Å². The smallest absolute Gasteiger partial charge is 0.203 e. The molecule has 0 bridgehead atoms. The molecule has 3 aliphatic carbocycles. The lowest BCUT2D eigenvalue weighted by molar-refractivity contribution is 0.516. The zero-order valence-corrected chi connectivity index (χ0v) is 25.9. The van der Waals surface area contributed by atoms with Crippen molar-refractivity contribution in [1.82, 2.24) is 10.2 Å². The molecule has 0 fully saturated rings. The van der Waals surface area contributed by atoms with Crippen LogP contribution in [0.3, 0.4) is 0 Å². The Hall–Kier alpha value is -3.31. The first-order chi connectivity index (χ1) is 19.6. The molecule has 5 rings (SSSR count). The fourth-order valence-corrected chi connectivity index (χ4v) is 8.65. The Kier molecular flexibility index (Phi) is 8.47. The summed E-state index contributed by atoms with van der Waals surface area (Å²) in [5.74, 6) is -0.0442. The topological polar surface area (TPSA) is 49.4 Å². The Balaban J connectivity index is 1.46. The number of hydrogen-bond donors (Lipinski definition) is 1. The van der Waals surface area contributed by atoms with E-state index in [2.05, 4.69) is 74.1 Å². The summed E-state index contributed by atoms with van der Waals surface area (Å²) in [7, 11) is 0.468. The van der Waals surface area contributed by atoms with Gasteiger partial charge in [0.2, 0.25) is 9.84 Å². The van der Waals surface area contributed by atoms with Crippen molar-refractivity contribution >= 4 is 9.84 Å². The molecule has 1 heterocycles. The molecule has 0 radical (unpaired) electrons. The van der Waals surface area contributed by atoms with Gasteiger partial charge in [-0.3, -0.25) is 0 Å². The van der Waals surface area contributed by atoms with Crippen LogP contribution in [0.15, 0.2) is 129 Å². The third-order valence-electron chi connectivity index (χ3n) is 9.35. The Labute approximate surface area is 247 Å². The monoisotopic (exact) mass is 568 g/mol. The maximum Gasteiger partial charge on any atom is 0.203 e. The number of nitrogens with one attached hydrogen (secondary N) is 1.